The summed E-state index contributed by atoms with van der Waals surface area (Å²) in [7, 11) is 0. The molecule has 3 nitrogen and oxygen atoms in total. The molecule has 2 atom stereocenters. The summed E-state index contributed by atoms with van der Waals surface area (Å²) in [4.78, 5) is 6.98. The molecular weight excluding hydrogens is 236 g/mol. The van der Waals surface area contributed by atoms with Gasteiger partial charge in [-0.05, 0) is 44.2 Å². The highest BCUT2D eigenvalue weighted by atomic mass is 16.3. The molecule has 0 aromatic carbocycles. The van der Waals surface area contributed by atoms with Crippen LogP contribution in [0.2, 0.25) is 0 Å². The van der Waals surface area contributed by atoms with Crippen molar-refractivity contribution in [3.05, 3.63) is 29.6 Å². The van der Waals surface area contributed by atoms with Gasteiger partial charge in [0.2, 0.25) is 0 Å². The number of aliphatic hydroxyl groups is 1. The molecule has 2 aliphatic rings. The Balaban J connectivity index is 1.67. The zero-order valence-corrected chi connectivity index (χ0v) is 12.0. The van der Waals surface area contributed by atoms with E-state index in [4.69, 9.17) is 0 Å². The fourth-order valence-electron chi connectivity index (χ4n) is 3.36. The van der Waals surface area contributed by atoms with Gasteiger partial charge in [0, 0.05) is 36.9 Å². The van der Waals surface area contributed by atoms with Crippen molar-refractivity contribution >= 4 is 0 Å². The van der Waals surface area contributed by atoms with E-state index >= 15 is 0 Å². The van der Waals surface area contributed by atoms with Gasteiger partial charge in [-0.15, -0.1) is 0 Å². The van der Waals surface area contributed by atoms with Gasteiger partial charge in [-0.25, -0.2) is 0 Å². The van der Waals surface area contributed by atoms with Gasteiger partial charge in [-0.2, -0.15) is 0 Å². The summed E-state index contributed by atoms with van der Waals surface area (Å²) in [6.07, 6.45) is 7.14. The van der Waals surface area contributed by atoms with Gasteiger partial charge in [0.25, 0.3) is 0 Å². The highest BCUT2D eigenvalue weighted by Crippen LogP contribution is 2.38. The van der Waals surface area contributed by atoms with Crippen LogP contribution in [-0.2, 0) is 12.8 Å². The quantitative estimate of drug-likeness (QED) is 0.901. The first-order valence-electron chi connectivity index (χ1n) is 7.51. The van der Waals surface area contributed by atoms with Gasteiger partial charge in [0.05, 0.1) is 5.60 Å². The molecule has 104 valence electrons. The topological polar surface area (TPSA) is 36.4 Å². The SMILES string of the molecule is CCc1ccc(CC2(O)CC(C)N(C3CC3)C2)nc1. The fraction of sp³-hybridized carbons (Fsp3) is 0.688. The number of nitrogens with zero attached hydrogens (tertiary/aromatic N) is 2. The largest absolute Gasteiger partial charge is 0.388 e. The van der Waals surface area contributed by atoms with Crippen LogP contribution in [0.3, 0.4) is 0 Å². The monoisotopic (exact) mass is 260 g/mol. The van der Waals surface area contributed by atoms with Crippen molar-refractivity contribution in [2.45, 2.75) is 63.6 Å². The minimum Gasteiger partial charge on any atom is -0.388 e. The third-order valence-electron chi connectivity index (χ3n) is 4.54. The number of hydrogen-bond donors (Lipinski definition) is 1. The van der Waals surface area contributed by atoms with Crippen LogP contribution in [0.4, 0.5) is 0 Å². The second-order valence-corrected chi connectivity index (χ2v) is 6.37. The Morgan fingerprint density at radius 1 is 1.42 bits per heavy atom. The molecule has 1 aromatic rings. The first-order valence-corrected chi connectivity index (χ1v) is 7.51. The number of aromatic nitrogens is 1. The third-order valence-corrected chi connectivity index (χ3v) is 4.54. The molecule has 1 saturated heterocycles. The maximum Gasteiger partial charge on any atom is 0.0844 e. The number of hydrogen-bond acceptors (Lipinski definition) is 3. The molecule has 19 heavy (non-hydrogen) atoms. The lowest BCUT2D eigenvalue weighted by Gasteiger charge is -2.23. The molecule has 0 bridgehead atoms. The molecule has 3 heteroatoms. The second-order valence-electron chi connectivity index (χ2n) is 6.37. The van der Waals surface area contributed by atoms with Crippen molar-refractivity contribution < 1.29 is 5.11 Å². The maximum absolute atomic E-state index is 10.8. The summed E-state index contributed by atoms with van der Waals surface area (Å²) in [5, 5.41) is 10.8. The van der Waals surface area contributed by atoms with E-state index < -0.39 is 5.60 Å². The summed E-state index contributed by atoms with van der Waals surface area (Å²) in [5.74, 6) is 0. The van der Waals surface area contributed by atoms with Crippen molar-refractivity contribution in [1.29, 1.82) is 0 Å². The van der Waals surface area contributed by atoms with Crippen LogP contribution in [0, 0.1) is 0 Å². The molecule has 0 amide bonds. The Bertz CT molecular complexity index is 441. The van der Waals surface area contributed by atoms with Crippen LogP contribution < -0.4 is 0 Å². The van der Waals surface area contributed by atoms with Crippen LogP contribution >= 0.6 is 0 Å². The van der Waals surface area contributed by atoms with E-state index in [2.05, 4.69) is 35.9 Å². The number of rotatable bonds is 4. The highest BCUT2D eigenvalue weighted by molar-refractivity contribution is 5.16. The molecule has 1 aromatic heterocycles. The zero-order chi connectivity index (χ0) is 13.5. The van der Waals surface area contributed by atoms with Crippen molar-refractivity contribution in [2.24, 2.45) is 0 Å². The van der Waals surface area contributed by atoms with Crippen molar-refractivity contribution in [1.82, 2.24) is 9.88 Å². The van der Waals surface area contributed by atoms with E-state index in [0.29, 0.717) is 12.5 Å². The molecule has 2 fully saturated rings. The molecule has 0 radical (unpaired) electrons. The molecule has 3 rings (SSSR count). The maximum atomic E-state index is 10.8. The van der Waals surface area contributed by atoms with Crippen LogP contribution in [0.15, 0.2) is 18.3 Å². The van der Waals surface area contributed by atoms with Gasteiger partial charge in [0.1, 0.15) is 0 Å². The summed E-state index contributed by atoms with van der Waals surface area (Å²) >= 11 is 0. The predicted molar refractivity (Wildman–Crippen MR) is 76.1 cm³/mol. The number of likely N-dealkylation sites (tertiary alicyclic amines) is 1. The molecule has 1 aliphatic carbocycles. The fourth-order valence-corrected chi connectivity index (χ4v) is 3.36. The average molecular weight is 260 g/mol. The number of aryl methyl sites for hydroxylation is 1. The van der Waals surface area contributed by atoms with Crippen molar-refractivity contribution in [3.8, 4) is 0 Å². The summed E-state index contributed by atoms with van der Waals surface area (Å²) in [6, 6.07) is 5.44. The number of pyridine rings is 1. The van der Waals surface area contributed by atoms with Crippen molar-refractivity contribution in [3.63, 3.8) is 0 Å². The first kappa shape index (κ1) is 13.1. The molecule has 1 saturated carbocycles. The Hall–Kier alpha value is -0.930. The van der Waals surface area contributed by atoms with Gasteiger partial charge >= 0.3 is 0 Å². The summed E-state index contributed by atoms with van der Waals surface area (Å²) in [5.41, 5.74) is 1.70. The lowest BCUT2D eigenvalue weighted by molar-refractivity contribution is 0.0477. The van der Waals surface area contributed by atoms with Crippen molar-refractivity contribution in [2.75, 3.05) is 6.54 Å². The molecule has 0 spiro atoms. The van der Waals surface area contributed by atoms with Gasteiger partial charge in [0.15, 0.2) is 0 Å². The first-order chi connectivity index (χ1) is 9.09. The standard InChI is InChI=1S/C16H24N2O/c1-3-13-4-5-14(17-10-13)9-16(19)8-12(2)18(11-16)15-6-7-15/h4-5,10,12,15,19H,3,6-9,11H2,1-2H3. The Labute approximate surface area is 115 Å². The minimum absolute atomic E-state index is 0.507. The molecule has 2 heterocycles. The van der Waals surface area contributed by atoms with E-state index in [1.807, 2.05) is 6.20 Å². The number of β-amino-alcohol motifs (C(OH)–C–C–N with tert-alkyl or cyclic N) is 1. The molecule has 1 aliphatic heterocycles. The zero-order valence-electron chi connectivity index (χ0n) is 12.0. The molecule has 2 unspecified atom stereocenters. The molecule has 1 N–H and O–H groups in total. The summed E-state index contributed by atoms with van der Waals surface area (Å²) < 4.78 is 0. The predicted octanol–water partition coefficient (Wildman–Crippen LogP) is 2.17. The van der Waals surface area contributed by atoms with Gasteiger partial charge in [-0.3, -0.25) is 9.88 Å². The lowest BCUT2D eigenvalue weighted by atomic mass is 9.94. The summed E-state index contributed by atoms with van der Waals surface area (Å²) in [6.45, 7) is 5.19. The lowest BCUT2D eigenvalue weighted by Crippen LogP contribution is -2.36. The van der Waals surface area contributed by atoms with E-state index in [1.54, 1.807) is 0 Å². The van der Waals surface area contributed by atoms with E-state index in [0.717, 1.165) is 31.1 Å². The second kappa shape index (κ2) is 4.88. The Morgan fingerprint density at radius 3 is 2.79 bits per heavy atom. The average Bonchev–Trinajstić information content (AvgIpc) is 3.17. The van der Waals surface area contributed by atoms with Gasteiger partial charge in [-0.1, -0.05) is 13.0 Å². The van der Waals surface area contributed by atoms with Crippen LogP contribution in [-0.4, -0.2) is 39.2 Å². The van der Waals surface area contributed by atoms with Crippen LogP contribution in [0.5, 0.6) is 0 Å². The minimum atomic E-state index is -0.581. The van der Waals surface area contributed by atoms with Crippen LogP contribution in [0.1, 0.15) is 44.4 Å². The van der Waals surface area contributed by atoms with Crippen LogP contribution in [0.25, 0.3) is 0 Å². The van der Waals surface area contributed by atoms with E-state index in [9.17, 15) is 5.11 Å². The molecular formula is C16H24N2O. The smallest absolute Gasteiger partial charge is 0.0844 e. The third kappa shape index (κ3) is 2.82. The van der Waals surface area contributed by atoms with E-state index in [-0.39, 0.29) is 0 Å². The van der Waals surface area contributed by atoms with E-state index in [1.165, 1.54) is 18.4 Å². The normalized spacial score (nSPS) is 31.8. The Morgan fingerprint density at radius 2 is 2.21 bits per heavy atom. The van der Waals surface area contributed by atoms with Gasteiger partial charge < -0.3 is 5.11 Å². The highest BCUT2D eigenvalue weighted by Gasteiger charge is 2.46. The Kier molecular flexibility index (Phi) is 3.35.